The monoisotopic (exact) mass is 310 g/mol. The van der Waals surface area contributed by atoms with Gasteiger partial charge in [-0.25, -0.2) is 0 Å². The highest BCUT2D eigenvalue weighted by atomic mass is 16.2. The van der Waals surface area contributed by atoms with Crippen LogP contribution in [0.4, 0.5) is 0 Å². The molecule has 5 heteroatoms. The van der Waals surface area contributed by atoms with Gasteiger partial charge in [-0.1, -0.05) is 45.4 Å². The fourth-order valence-corrected chi connectivity index (χ4v) is 2.86. The topological polar surface area (TPSA) is 93.5 Å². The first kappa shape index (κ1) is 18.8. The maximum atomic E-state index is 12.0. The molecule has 0 bridgehead atoms. The van der Waals surface area contributed by atoms with Crippen molar-refractivity contribution >= 4 is 11.9 Å². The summed E-state index contributed by atoms with van der Waals surface area (Å²) in [6.45, 7) is 3.62. The number of carbonyl (C=O) groups is 1. The van der Waals surface area contributed by atoms with Crippen molar-refractivity contribution in [3.8, 4) is 0 Å². The van der Waals surface area contributed by atoms with Gasteiger partial charge in [0.25, 0.3) is 0 Å². The Kier molecular flexibility index (Phi) is 9.67. The van der Waals surface area contributed by atoms with E-state index in [-0.39, 0.29) is 17.8 Å². The standard InChI is InChI=1S/C17H34N4O/c1-2-3-4-5-6-7-10-14-13-15(14)16(22)20-11-8-9-12-21-17(18)19/h14-15H,2-13H2,1H3,(H,20,22)(H4,18,19,21). The van der Waals surface area contributed by atoms with Gasteiger partial charge in [-0.05, 0) is 31.6 Å². The number of nitrogens with two attached hydrogens (primary N) is 2. The van der Waals surface area contributed by atoms with Gasteiger partial charge in [0, 0.05) is 19.0 Å². The van der Waals surface area contributed by atoms with Crippen LogP contribution in [0.2, 0.25) is 0 Å². The fraction of sp³-hybridized carbons (Fsp3) is 0.882. The van der Waals surface area contributed by atoms with E-state index in [1.165, 1.54) is 44.9 Å². The lowest BCUT2D eigenvalue weighted by Crippen LogP contribution is -2.27. The SMILES string of the molecule is CCCCCCCCC1CC1C(=O)NCCCCN=C(N)N. The Morgan fingerprint density at radius 3 is 2.55 bits per heavy atom. The summed E-state index contributed by atoms with van der Waals surface area (Å²) in [6.07, 6.45) is 12.2. The third-order valence-corrected chi connectivity index (χ3v) is 4.37. The lowest BCUT2D eigenvalue weighted by Gasteiger charge is -2.04. The van der Waals surface area contributed by atoms with Gasteiger partial charge < -0.3 is 16.8 Å². The Bertz CT molecular complexity index is 340. The Morgan fingerprint density at radius 1 is 1.09 bits per heavy atom. The van der Waals surface area contributed by atoms with Crippen molar-refractivity contribution in [3.05, 3.63) is 0 Å². The van der Waals surface area contributed by atoms with Gasteiger partial charge in [0.15, 0.2) is 5.96 Å². The van der Waals surface area contributed by atoms with E-state index in [0.717, 1.165) is 25.8 Å². The number of nitrogens with zero attached hydrogens (tertiary/aromatic N) is 1. The Morgan fingerprint density at radius 2 is 1.82 bits per heavy atom. The first-order chi connectivity index (χ1) is 10.6. The maximum absolute atomic E-state index is 12.0. The molecule has 1 aliphatic carbocycles. The molecular formula is C17H34N4O. The third kappa shape index (κ3) is 8.90. The van der Waals surface area contributed by atoms with E-state index in [0.29, 0.717) is 12.5 Å². The Balaban J connectivity index is 1.92. The lowest BCUT2D eigenvalue weighted by atomic mass is 10.1. The highest BCUT2D eigenvalue weighted by Gasteiger charge is 2.41. The molecule has 0 saturated heterocycles. The summed E-state index contributed by atoms with van der Waals surface area (Å²) in [5.41, 5.74) is 10.5. The minimum Gasteiger partial charge on any atom is -0.370 e. The van der Waals surface area contributed by atoms with Crippen molar-refractivity contribution in [2.45, 2.75) is 71.1 Å². The van der Waals surface area contributed by atoms with Gasteiger partial charge in [-0.3, -0.25) is 9.79 Å². The van der Waals surface area contributed by atoms with Gasteiger partial charge >= 0.3 is 0 Å². The molecule has 128 valence electrons. The van der Waals surface area contributed by atoms with E-state index >= 15 is 0 Å². The third-order valence-electron chi connectivity index (χ3n) is 4.37. The first-order valence-electron chi connectivity index (χ1n) is 8.98. The molecule has 1 aliphatic rings. The molecule has 1 amide bonds. The molecule has 0 aromatic carbocycles. The molecule has 1 rings (SSSR count). The molecule has 0 aromatic rings. The summed E-state index contributed by atoms with van der Waals surface area (Å²) in [6, 6.07) is 0. The number of amides is 1. The van der Waals surface area contributed by atoms with Crippen molar-refractivity contribution in [3.63, 3.8) is 0 Å². The first-order valence-corrected chi connectivity index (χ1v) is 8.98. The van der Waals surface area contributed by atoms with Crippen LogP contribution in [0.3, 0.4) is 0 Å². The number of hydrogen-bond donors (Lipinski definition) is 3. The van der Waals surface area contributed by atoms with Crippen molar-refractivity contribution in [2.75, 3.05) is 13.1 Å². The summed E-state index contributed by atoms with van der Waals surface area (Å²) < 4.78 is 0. The maximum Gasteiger partial charge on any atom is 0.223 e. The quantitative estimate of drug-likeness (QED) is 0.277. The van der Waals surface area contributed by atoms with Crippen LogP contribution in [0.25, 0.3) is 0 Å². The minimum atomic E-state index is 0.138. The molecule has 22 heavy (non-hydrogen) atoms. The number of guanidine groups is 1. The average Bonchev–Trinajstić information content (AvgIpc) is 3.25. The van der Waals surface area contributed by atoms with Crippen LogP contribution in [-0.2, 0) is 4.79 Å². The van der Waals surface area contributed by atoms with Crippen LogP contribution in [0.5, 0.6) is 0 Å². The summed E-state index contributed by atoms with van der Waals surface area (Å²) in [4.78, 5) is 15.9. The highest BCUT2D eigenvalue weighted by Crippen LogP contribution is 2.42. The summed E-state index contributed by atoms with van der Waals surface area (Å²) >= 11 is 0. The Hall–Kier alpha value is -1.26. The average molecular weight is 310 g/mol. The molecule has 0 aliphatic heterocycles. The zero-order chi connectivity index (χ0) is 16.2. The number of hydrogen-bond acceptors (Lipinski definition) is 2. The molecule has 0 heterocycles. The molecule has 2 unspecified atom stereocenters. The zero-order valence-electron chi connectivity index (χ0n) is 14.2. The van der Waals surface area contributed by atoms with Crippen LogP contribution in [0.1, 0.15) is 71.1 Å². The summed E-state index contributed by atoms with van der Waals surface area (Å²) in [5, 5.41) is 3.03. The molecule has 0 aromatic heterocycles. The second kappa shape index (κ2) is 11.3. The van der Waals surface area contributed by atoms with Crippen molar-refractivity contribution < 1.29 is 4.79 Å². The van der Waals surface area contributed by atoms with Crippen LogP contribution in [0, 0.1) is 11.8 Å². The van der Waals surface area contributed by atoms with Gasteiger partial charge in [0.1, 0.15) is 0 Å². The van der Waals surface area contributed by atoms with Crippen molar-refractivity contribution in [1.82, 2.24) is 5.32 Å². The smallest absolute Gasteiger partial charge is 0.223 e. The van der Waals surface area contributed by atoms with Gasteiger partial charge in [0.05, 0.1) is 0 Å². The number of unbranched alkanes of at least 4 members (excludes halogenated alkanes) is 6. The van der Waals surface area contributed by atoms with Crippen LogP contribution < -0.4 is 16.8 Å². The molecular weight excluding hydrogens is 276 g/mol. The lowest BCUT2D eigenvalue weighted by molar-refractivity contribution is -0.122. The fourth-order valence-electron chi connectivity index (χ4n) is 2.86. The van der Waals surface area contributed by atoms with Crippen LogP contribution >= 0.6 is 0 Å². The van der Waals surface area contributed by atoms with Gasteiger partial charge in [-0.2, -0.15) is 0 Å². The number of aliphatic imine (C=N–C) groups is 1. The molecule has 1 saturated carbocycles. The van der Waals surface area contributed by atoms with E-state index < -0.39 is 0 Å². The number of carbonyl (C=O) groups excluding carboxylic acids is 1. The normalized spacial score (nSPS) is 19.7. The van der Waals surface area contributed by atoms with E-state index in [2.05, 4.69) is 17.2 Å². The zero-order valence-corrected chi connectivity index (χ0v) is 14.2. The van der Waals surface area contributed by atoms with Crippen LogP contribution in [0.15, 0.2) is 4.99 Å². The highest BCUT2D eigenvalue weighted by molar-refractivity contribution is 5.81. The molecule has 2 atom stereocenters. The largest absolute Gasteiger partial charge is 0.370 e. The predicted molar refractivity (Wildman–Crippen MR) is 92.5 cm³/mol. The summed E-state index contributed by atoms with van der Waals surface area (Å²) in [5.74, 6) is 1.32. The van der Waals surface area contributed by atoms with Gasteiger partial charge in [-0.15, -0.1) is 0 Å². The molecule has 5 N–H and O–H groups in total. The second-order valence-electron chi connectivity index (χ2n) is 6.46. The molecule has 1 fully saturated rings. The van der Waals surface area contributed by atoms with Crippen molar-refractivity contribution in [2.24, 2.45) is 28.3 Å². The van der Waals surface area contributed by atoms with E-state index in [1.807, 2.05) is 0 Å². The van der Waals surface area contributed by atoms with E-state index in [1.54, 1.807) is 0 Å². The Labute approximate surface area is 135 Å². The van der Waals surface area contributed by atoms with Gasteiger partial charge in [0.2, 0.25) is 5.91 Å². The van der Waals surface area contributed by atoms with Crippen molar-refractivity contribution in [1.29, 1.82) is 0 Å². The second-order valence-corrected chi connectivity index (χ2v) is 6.46. The van der Waals surface area contributed by atoms with Crippen LogP contribution in [-0.4, -0.2) is 25.0 Å². The predicted octanol–water partition coefficient (Wildman–Crippen LogP) is 2.54. The molecule has 0 radical (unpaired) electrons. The van der Waals surface area contributed by atoms with E-state index in [9.17, 15) is 4.79 Å². The number of rotatable bonds is 13. The molecule has 0 spiro atoms. The number of nitrogens with one attached hydrogen (secondary N) is 1. The molecule has 5 nitrogen and oxygen atoms in total. The minimum absolute atomic E-state index is 0.138. The summed E-state index contributed by atoms with van der Waals surface area (Å²) in [7, 11) is 0. The van der Waals surface area contributed by atoms with E-state index in [4.69, 9.17) is 11.5 Å².